The summed E-state index contributed by atoms with van der Waals surface area (Å²) in [5.41, 5.74) is 0. The Bertz CT molecular complexity index is 117. The van der Waals surface area contributed by atoms with E-state index in [-0.39, 0.29) is 0 Å². The van der Waals surface area contributed by atoms with Gasteiger partial charge in [0.15, 0.2) is 0 Å². The van der Waals surface area contributed by atoms with Crippen LogP contribution >= 0.6 is 0 Å². The van der Waals surface area contributed by atoms with Crippen molar-refractivity contribution in [3.8, 4) is 0 Å². The van der Waals surface area contributed by atoms with Gasteiger partial charge in [-0.1, -0.05) is 39.5 Å². The van der Waals surface area contributed by atoms with Crippen LogP contribution in [0.25, 0.3) is 0 Å². The van der Waals surface area contributed by atoms with E-state index < -0.39 is 0 Å². The molecule has 1 radical (unpaired) electrons. The molecule has 0 bridgehead atoms. The lowest BCUT2D eigenvalue weighted by Crippen LogP contribution is -2.25. The van der Waals surface area contributed by atoms with E-state index in [0.717, 1.165) is 25.9 Å². The second-order valence-electron chi connectivity index (χ2n) is 4.17. The van der Waals surface area contributed by atoms with Gasteiger partial charge in [-0.05, 0) is 38.9 Å². The first-order valence-electron chi connectivity index (χ1n) is 6.53. The first kappa shape index (κ1) is 14.9. The third kappa shape index (κ3) is 10.2. The molecule has 0 unspecified atom stereocenters. The predicted octanol–water partition coefficient (Wildman–Crippen LogP) is 3.59. The van der Waals surface area contributed by atoms with Gasteiger partial charge in [-0.2, -0.15) is 0 Å². The fraction of sp³-hybridized carbons (Fsp3) is 0.923. The smallest absolute Gasteiger partial charge is 0.0799 e. The van der Waals surface area contributed by atoms with Crippen molar-refractivity contribution in [1.29, 1.82) is 0 Å². The molecule has 15 heavy (non-hydrogen) atoms. The Morgan fingerprint density at radius 1 is 0.933 bits per heavy atom. The van der Waals surface area contributed by atoms with Crippen LogP contribution in [-0.2, 0) is 0 Å². The topological polar surface area (TPSA) is 23.5 Å². The van der Waals surface area contributed by atoms with E-state index in [2.05, 4.69) is 18.7 Å². The second-order valence-corrected chi connectivity index (χ2v) is 4.17. The SMILES string of the molecule is CCCCCCCN(CC)CCC[CH]O. The number of aliphatic hydroxyl groups excluding tert-OH is 1. The van der Waals surface area contributed by atoms with E-state index in [0.29, 0.717) is 0 Å². The van der Waals surface area contributed by atoms with Crippen LogP contribution in [0, 0.1) is 6.61 Å². The van der Waals surface area contributed by atoms with Crippen LogP contribution in [0.2, 0.25) is 0 Å². The molecule has 0 aliphatic rings. The number of hydrogen-bond acceptors (Lipinski definition) is 2. The van der Waals surface area contributed by atoms with E-state index in [1.165, 1.54) is 45.3 Å². The van der Waals surface area contributed by atoms with Crippen molar-refractivity contribution < 1.29 is 5.11 Å². The summed E-state index contributed by atoms with van der Waals surface area (Å²) in [7, 11) is 0. The second kappa shape index (κ2) is 12.0. The van der Waals surface area contributed by atoms with Crippen molar-refractivity contribution in [2.24, 2.45) is 0 Å². The first-order valence-corrected chi connectivity index (χ1v) is 6.53. The number of nitrogens with zero attached hydrogens (tertiary/aromatic N) is 1. The largest absolute Gasteiger partial charge is 0.390 e. The van der Waals surface area contributed by atoms with Crippen molar-refractivity contribution in [2.75, 3.05) is 19.6 Å². The quantitative estimate of drug-likeness (QED) is 0.531. The molecule has 2 nitrogen and oxygen atoms in total. The molecule has 0 aromatic rings. The van der Waals surface area contributed by atoms with Gasteiger partial charge in [0.2, 0.25) is 0 Å². The average Bonchev–Trinajstić information content (AvgIpc) is 2.26. The standard InChI is InChI=1S/C13H28NO/c1-3-5-6-7-8-11-14(4-2)12-9-10-13-15/h13,15H,3-12H2,1-2H3. The van der Waals surface area contributed by atoms with E-state index in [4.69, 9.17) is 5.11 Å². The lowest BCUT2D eigenvalue weighted by molar-refractivity contribution is 0.268. The van der Waals surface area contributed by atoms with Crippen molar-refractivity contribution >= 4 is 0 Å². The summed E-state index contributed by atoms with van der Waals surface area (Å²) in [6.45, 7) is 9.24. The minimum atomic E-state index is 0.826. The summed E-state index contributed by atoms with van der Waals surface area (Å²) in [5.74, 6) is 0. The van der Waals surface area contributed by atoms with Crippen LogP contribution < -0.4 is 0 Å². The molecule has 0 aliphatic heterocycles. The Hall–Kier alpha value is -0.0800. The lowest BCUT2D eigenvalue weighted by Gasteiger charge is -2.19. The van der Waals surface area contributed by atoms with Gasteiger partial charge >= 0.3 is 0 Å². The van der Waals surface area contributed by atoms with Gasteiger partial charge in [0.05, 0.1) is 6.61 Å². The molecule has 2 heteroatoms. The Labute approximate surface area is 95.7 Å². The third-order valence-electron chi connectivity index (χ3n) is 2.83. The van der Waals surface area contributed by atoms with Crippen LogP contribution in [0.15, 0.2) is 0 Å². The maximum absolute atomic E-state index is 8.58. The normalized spacial score (nSPS) is 11.2. The fourth-order valence-corrected chi connectivity index (χ4v) is 1.77. The highest BCUT2D eigenvalue weighted by atomic mass is 16.2. The zero-order valence-corrected chi connectivity index (χ0v) is 10.5. The van der Waals surface area contributed by atoms with Crippen LogP contribution in [0.5, 0.6) is 0 Å². The predicted molar refractivity (Wildman–Crippen MR) is 66.3 cm³/mol. The molecule has 0 saturated carbocycles. The van der Waals surface area contributed by atoms with Crippen LogP contribution in [0.1, 0.15) is 58.8 Å². The highest BCUT2D eigenvalue weighted by Gasteiger charge is 2.01. The van der Waals surface area contributed by atoms with Gasteiger partial charge in [0.1, 0.15) is 0 Å². The Kier molecular flexibility index (Phi) is 11.9. The van der Waals surface area contributed by atoms with Gasteiger partial charge in [-0.3, -0.25) is 0 Å². The van der Waals surface area contributed by atoms with Gasteiger partial charge in [-0.15, -0.1) is 0 Å². The number of aliphatic hydroxyl groups is 1. The fourth-order valence-electron chi connectivity index (χ4n) is 1.77. The summed E-state index contributed by atoms with van der Waals surface area (Å²) in [5, 5.41) is 8.58. The molecule has 0 spiro atoms. The van der Waals surface area contributed by atoms with Gasteiger partial charge in [0.25, 0.3) is 0 Å². The number of unbranched alkanes of at least 4 members (excludes halogenated alkanes) is 5. The van der Waals surface area contributed by atoms with Gasteiger partial charge in [0, 0.05) is 0 Å². The summed E-state index contributed by atoms with van der Waals surface area (Å²) in [4.78, 5) is 2.48. The zero-order chi connectivity index (χ0) is 11.4. The first-order chi connectivity index (χ1) is 7.35. The maximum atomic E-state index is 8.58. The Morgan fingerprint density at radius 3 is 2.20 bits per heavy atom. The van der Waals surface area contributed by atoms with Crippen molar-refractivity contribution in [1.82, 2.24) is 4.90 Å². The van der Waals surface area contributed by atoms with Crippen LogP contribution in [-0.4, -0.2) is 29.6 Å². The highest BCUT2D eigenvalue weighted by molar-refractivity contribution is 4.58. The molecule has 0 rings (SSSR count). The van der Waals surface area contributed by atoms with Crippen LogP contribution in [0.4, 0.5) is 0 Å². The molecule has 1 N–H and O–H groups in total. The van der Waals surface area contributed by atoms with Crippen molar-refractivity contribution in [3.63, 3.8) is 0 Å². The summed E-state index contributed by atoms with van der Waals surface area (Å²) < 4.78 is 0. The number of rotatable bonds is 11. The van der Waals surface area contributed by atoms with Crippen molar-refractivity contribution in [3.05, 3.63) is 6.61 Å². The van der Waals surface area contributed by atoms with E-state index >= 15 is 0 Å². The Morgan fingerprint density at radius 2 is 1.60 bits per heavy atom. The molecule has 0 fully saturated rings. The summed E-state index contributed by atoms with van der Waals surface area (Å²) in [6, 6.07) is 0. The molecule has 0 heterocycles. The van der Waals surface area contributed by atoms with E-state index in [9.17, 15) is 0 Å². The molecule has 91 valence electrons. The minimum Gasteiger partial charge on any atom is -0.390 e. The van der Waals surface area contributed by atoms with Gasteiger partial charge in [-0.25, -0.2) is 0 Å². The van der Waals surface area contributed by atoms with E-state index in [1.807, 2.05) is 0 Å². The van der Waals surface area contributed by atoms with Crippen molar-refractivity contribution in [2.45, 2.75) is 58.8 Å². The molecular weight excluding hydrogens is 186 g/mol. The van der Waals surface area contributed by atoms with E-state index in [1.54, 1.807) is 0 Å². The third-order valence-corrected chi connectivity index (χ3v) is 2.83. The highest BCUT2D eigenvalue weighted by Crippen LogP contribution is 2.04. The molecule has 0 atom stereocenters. The zero-order valence-electron chi connectivity index (χ0n) is 10.5. The van der Waals surface area contributed by atoms with Crippen LogP contribution in [0.3, 0.4) is 0 Å². The van der Waals surface area contributed by atoms with Gasteiger partial charge < -0.3 is 10.0 Å². The summed E-state index contributed by atoms with van der Waals surface area (Å²) >= 11 is 0. The molecule has 0 aromatic carbocycles. The molecular formula is C13H28NO. The molecule has 0 amide bonds. The minimum absolute atomic E-state index is 0.826. The monoisotopic (exact) mass is 214 g/mol. The molecule has 0 aliphatic carbocycles. The Balaban J connectivity index is 3.28. The molecule has 0 saturated heterocycles. The average molecular weight is 214 g/mol. The lowest BCUT2D eigenvalue weighted by atomic mass is 10.1. The maximum Gasteiger partial charge on any atom is 0.0799 e. The summed E-state index contributed by atoms with van der Waals surface area (Å²) in [6.07, 6.45) is 8.70. The number of hydrogen-bond donors (Lipinski definition) is 1. The molecule has 0 aromatic heterocycles.